The van der Waals surface area contributed by atoms with Gasteiger partial charge in [0.15, 0.2) is 5.13 Å². The van der Waals surface area contributed by atoms with E-state index in [0.717, 1.165) is 5.75 Å². The molecule has 0 aliphatic heterocycles. The number of carbonyl (C=O) groups is 1. The number of anilines is 1. The van der Waals surface area contributed by atoms with Crippen molar-refractivity contribution in [2.75, 3.05) is 11.1 Å². The maximum atomic E-state index is 11.6. The Morgan fingerprint density at radius 2 is 2.39 bits per heavy atom. The molecule has 0 saturated heterocycles. The summed E-state index contributed by atoms with van der Waals surface area (Å²) in [4.78, 5) is 15.6. The van der Waals surface area contributed by atoms with Crippen LogP contribution in [-0.2, 0) is 10.5 Å². The fraction of sp³-hybridized carbons (Fsp3) is 0.231. The number of rotatable bonds is 5. The molecule has 0 atom stereocenters. The van der Waals surface area contributed by atoms with Crippen molar-refractivity contribution < 1.29 is 4.79 Å². The molecular weight excluding hydrogens is 264 g/mol. The molecule has 2 aromatic rings. The van der Waals surface area contributed by atoms with Crippen LogP contribution in [0.1, 0.15) is 11.1 Å². The summed E-state index contributed by atoms with van der Waals surface area (Å²) >= 11 is 3.04. The molecule has 0 radical (unpaired) electrons. The van der Waals surface area contributed by atoms with E-state index in [1.165, 1.54) is 22.5 Å². The molecule has 0 saturated carbocycles. The van der Waals surface area contributed by atoms with E-state index in [1.54, 1.807) is 18.0 Å². The molecule has 0 unspecified atom stereocenters. The summed E-state index contributed by atoms with van der Waals surface area (Å²) in [6.07, 6.45) is 1.68. The van der Waals surface area contributed by atoms with Gasteiger partial charge in [0.05, 0.1) is 5.75 Å². The van der Waals surface area contributed by atoms with Gasteiger partial charge in [-0.25, -0.2) is 4.98 Å². The number of aromatic nitrogens is 1. The Bertz CT molecular complexity index is 511. The molecule has 2 rings (SSSR count). The summed E-state index contributed by atoms with van der Waals surface area (Å²) in [5.74, 6) is 1.31. The van der Waals surface area contributed by atoms with Gasteiger partial charge in [0.25, 0.3) is 0 Å². The maximum absolute atomic E-state index is 11.6. The van der Waals surface area contributed by atoms with E-state index < -0.39 is 0 Å². The lowest BCUT2D eigenvalue weighted by molar-refractivity contribution is -0.113. The third kappa shape index (κ3) is 4.16. The summed E-state index contributed by atoms with van der Waals surface area (Å²) in [6.45, 7) is 2.07. The third-order valence-corrected chi connectivity index (χ3v) is 3.96. The first-order chi connectivity index (χ1) is 8.74. The normalized spacial score (nSPS) is 10.3. The van der Waals surface area contributed by atoms with Crippen LogP contribution in [0.15, 0.2) is 35.8 Å². The molecule has 94 valence electrons. The number of hydrogen-bond donors (Lipinski definition) is 1. The smallest absolute Gasteiger partial charge is 0.236 e. The highest BCUT2D eigenvalue weighted by Gasteiger charge is 2.04. The van der Waals surface area contributed by atoms with E-state index >= 15 is 0 Å². The van der Waals surface area contributed by atoms with Crippen molar-refractivity contribution in [3.8, 4) is 0 Å². The summed E-state index contributed by atoms with van der Waals surface area (Å²) in [5.41, 5.74) is 2.50. The van der Waals surface area contributed by atoms with Crippen LogP contribution < -0.4 is 5.32 Å². The number of thioether (sulfide) groups is 1. The zero-order chi connectivity index (χ0) is 12.8. The first kappa shape index (κ1) is 13.1. The molecule has 18 heavy (non-hydrogen) atoms. The highest BCUT2D eigenvalue weighted by atomic mass is 32.2. The van der Waals surface area contributed by atoms with E-state index in [0.29, 0.717) is 10.9 Å². The van der Waals surface area contributed by atoms with E-state index in [9.17, 15) is 4.79 Å². The number of hydrogen-bond acceptors (Lipinski definition) is 4. The highest BCUT2D eigenvalue weighted by molar-refractivity contribution is 7.99. The van der Waals surface area contributed by atoms with Crippen molar-refractivity contribution >= 4 is 34.1 Å². The maximum Gasteiger partial charge on any atom is 0.236 e. The summed E-state index contributed by atoms with van der Waals surface area (Å²) < 4.78 is 0. The first-order valence-corrected chi connectivity index (χ1v) is 7.60. The summed E-state index contributed by atoms with van der Waals surface area (Å²) in [5, 5.41) is 5.27. The van der Waals surface area contributed by atoms with Gasteiger partial charge in [0.1, 0.15) is 0 Å². The number of nitrogens with one attached hydrogen (secondary N) is 1. The molecule has 1 aromatic heterocycles. The second-order valence-corrected chi connectivity index (χ2v) is 5.75. The van der Waals surface area contributed by atoms with E-state index in [-0.39, 0.29) is 5.91 Å². The van der Waals surface area contributed by atoms with Gasteiger partial charge in [0.2, 0.25) is 5.91 Å². The van der Waals surface area contributed by atoms with Crippen LogP contribution in [0.4, 0.5) is 5.13 Å². The third-order valence-electron chi connectivity index (χ3n) is 2.26. The lowest BCUT2D eigenvalue weighted by atomic mass is 10.2. The lowest BCUT2D eigenvalue weighted by Crippen LogP contribution is -2.13. The van der Waals surface area contributed by atoms with Crippen LogP contribution in [0, 0.1) is 6.92 Å². The van der Waals surface area contributed by atoms with E-state index in [4.69, 9.17) is 0 Å². The minimum absolute atomic E-state index is 0.00241. The fourth-order valence-corrected chi connectivity index (χ4v) is 2.82. The van der Waals surface area contributed by atoms with Crippen molar-refractivity contribution in [2.24, 2.45) is 0 Å². The molecule has 1 amide bonds. The summed E-state index contributed by atoms with van der Waals surface area (Å²) in [7, 11) is 0. The minimum Gasteiger partial charge on any atom is -0.301 e. The number of amides is 1. The Hall–Kier alpha value is -1.33. The highest BCUT2D eigenvalue weighted by Crippen LogP contribution is 2.15. The largest absolute Gasteiger partial charge is 0.301 e. The van der Waals surface area contributed by atoms with Crippen molar-refractivity contribution in [3.63, 3.8) is 0 Å². The van der Waals surface area contributed by atoms with Crippen LogP contribution in [0.5, 0.6) is 0 Å². The standard InChI is InChI=1S/C13H14N2OS2/c1-10-3-2-4-11(7-10)8-17-9-12(16)15-13-14-5-6-18-13/h2-7H,8-9H2,1H3,(H,14,15,16). The predicted octanol–water partition coefficient (Wildman–Crippen LogP) is 3.32. The molecule has 0 spiro atoms. The van der Waals surface area contributed by atoms with Gasteiger partial charge in [0, 0.05) is 17.3 Å². The van der Waals surface area contributed by atoms with Crippen molar-refractivity contribution in [1.29, 1.82) is 0 Å². The Kier molecular flexibility index (Phi) is 4.78. The lowest BCUT2D eigenvalue weighted by Gasteiger charge is -2.03. The number of aryl methyl sites for hydroxylation is 1. The summed E-state index contributed by atoms with van der Waals surface area (Å²) in [6, 6.07) is 8.34. The molecule has 0 fully saturated rings. The molecule has 0 aliphatic carbocycles. The number of benzene rings is 1. The van der Waals surface area contributed by atoms with Crippen LogP contribution >= 0.6 is 23.1 Å². The zero-order valence-corrected chi connectivity index (χ0v) is 11.7. The van der Waals surface area contributed by atoms with Gasteiger partial charge in [-0.05, 0) is 12.5 Å². The quantitative estimate of drug-likeness (QED) is 0.912. The van der Waals surface area contributed by atoms with Gasteiger partial charge in [-0.3, -0.25) is 4.79 Å². The molecule has 0 aliphatic rings. The molecule has 0 bridgehead atoms. The van der Waals surface area contributed by atoms with Gasteiger partial charge >= 0.3 is 0 Å². The van der Waals surface area contributed by atoms with Crippen LogP contribution in [0.2, 0.25) is 0 Å². The van der Waals surface area contributed by atoms with E-state index in [1.807, 2.05) is 11.4 Å². The Labute approximate surface area is 115 Å². The average Bonchev–Trinajstić information content (AvgIpc) is 2.82. The molecular formula is C13H14N2OS2. The van der Waals surface area contributed by atoms with Crippen LogP contribution in [0.25, 0.3) is 0 Å². The second kappa shape index (κ2) is 6.56. The van der Waals surface area contributed by atoms with Gasteiger partial charge in [-0.1, -0.05) is 29.8 Å². The Balaban J connectivity index is 1.73. The van der Waals surface area contributed by atoms with Crippen molar-refractivity contribution in [3.05, 3.63) is 47.0 Å². The molecule has 5 heteroatoms. The second-order valence-electron chi connectivity index (χ2n) is 3.87. The monoisotopic (exact) mass is 278 g/mol. The number of thiazole rings is 1. The fourth-order valence-electron chi connectivity index (χ4n) is 1.50. The predicted molar refractivity (Wildman–Crippen MR) is 78.1 cm³/mol. The number of nitrogens with zero attached hydrogens (tertiary/aromatic N) is 1. The van der Waals surface area contributed by atoms with Crippen molar-refractivity contribution in [2.45, 2.75) is 12.7 Å². The van der Waals surface area contributed by atoms with Crippen LogP contribution in [0.3, 0.4) is 0 Å². The Morgan fingerprint density at radius 1 is 1.50 bits per heavy atom. The van der Waals surface area contributed by atoms with Gasteiger partial charge in [-0.2, -0.15) is 0 Å². The van der Waals surface area contributed by atoms with E-state index in [2.05, 4.69) is 35.4 Å². The molecule has 1 N–H and O–H groups in total. The topological polar surface area (TPSA) is 42.0 Å². The molecule has 1 heterocycles. The van der Waals surface area contributed by atoms with Crippen molar-refractivity contribution in [1.82, 2.24) is 4.98 Å². The van der Waals surface area contributed by atoms with Crippen LogP contribution in [-0.4, -0.2) is 16.6 Å². The minimum atomic E-state index is 0.00241. The molecule has 1 aromatic carbocycles. The SMILES string of the molecule is Cc1cccc(CSCC(=O)Nc2nccs2)c1. The Morgan fingerprint density at radius 3 is 3.11 bits per heavy atom. The first-order valence-electron chi connectivity index (χ1n) is 5.56. The number of carbonyl (C=O) groups excluding carboxylic acids is 1. The van der Waals surface area contributed by atoms with Gasteiger partial charge < -0.3 is 5.32 Å². The molecule has 3 nitrogen and oxygen atoms in total. The zero-order valence-electron chi connectivity index (χ0n) is 10.1. The average molecular weight is 278 g/mol. The van der Waals surface area contributed by atoms with Gasteiger partial charge in [-0.15, -0.1) is 23.1 Å².